The maximum atomic E-state index is 2.38. The van der Waals surface area contributed by atoms with E-state index < -0.39 is 0 Å². The minimum atomic E-state index is 0. The Bertz CT molecular complexity index is 439. The third kappa shape index (κ3) is 1.47. The second-order valence-corrected chi connectivity index (χ2v) is 3.94. The fourth-order valence-corrected chi connectivity index (χ4v) is 2.48. The molecule has 0 aliphatic heterocycles. The molecule has 0 radical (unpaired) electrons. The van der Waals surface area contributed by atoms with Crippen LogP contribution in [0.3, 0.4) is 0 Å². The van der Waals surface area contributed by atoms with Gasteiger partial charge < -0.3 is 0 Å². The summed E-state index contributed by atoms with van der Waals surface area (Å²) in [7, 11) is 0. The second-order valence-electron chi connectivity index (χ2n) is 3.94. The molecule has 0 heterocycles. The van der Waals surface area contributed by atoms with Crippen molar-refractivity contribution >= 4 is 10.8 Å². The molecule has 0 saturated heterocycles. The third-order valence-electron chi connectivity index (χ3n) is 3.13. The molecule has 14 heavy (non-hydrogen) atoms. The topological polar surface area (TPSA) is 0 Å². The Kier molecular flexibility index (Phi) is 2.85. The standard InChI is InChI=1S/C13H13.Ti/c1-3-7-12-10(5-1)9-11-6-2-4-8-13(11)12;/h1,3,5,7,9H,2,4,6,8H2;/q-1;. The second kappa shape index (κ2) is 3.96. The number of hydrogen-bond acceptors (Lipinski definition) is 0. The summed E-state index contributed by atoms with van der Waals surface area (Å²) in [6, 6.07) is 11.2. The van der Waals surface area contributed by atoms with Gasteiger partial charge in [0.25, 0.3) is 0 Å². The number of fused-ring (bicyclic) bond motifs is 3. The van der Waals surface area contributed by atoms with E-state index in [1.807, 2.05) is 0 Å². The maximum absolute atomic E-state index is 2.38. The van der Waals surface area contributed by atoms with Crippen molar-refractivity contribution in [1.29, 1.82) is 0 Å². The van der Waals surface area contributed by atoms with Gasteiger partial charge in [0, 0.05) is 21.7 Å². The molecule has 3 rings (SSSR count). The van der Waals surface area contributed by atoms with E-state index in [0.717, 1.165) is 0 Å². The normalized spacial score (nSPS) is 14.9. The van der Waals surface area contributed by atoms with Gasteiger partial charge in [-0.2, -0.15) is 5.56 Å². The zero-order valence-corrected chi connectivity index (χ0v) is 9.78. The Labute approximate surface area is 99.6 Å². The van der Waals surface area contributed by atoms with Crippen LogP contribution in [-0.4, -0.2) is 0 Å². The Morgan fingerprint density at radius 3 is 2.71 bits per heavy atom. The molecule has 0 amide bonds. The van der Waals surface area contributed by atoms with Crippen LogP contribution in [0.2, 0.25) is 0 Å². The van der Waals surface area contributed by atoms with Crippen LogP contribution in [0.5, 0.6) is 0 Å². The molecule has 0 N–H and O–H groups in total. The monoisotopic (exact) mass is 217 g/mol. The molecule has 0 fully saturated rings. The van der Waals surface area contributed by atoms with Crippen molar-refractivity contribution in [3.63, 3.8) is 0 Å². The third-order valence-corrected chi connectivity index (χ3v) is 3.13. The molecule has 1 aliphatic carbocycles. The first-order valence-corrected chi connectivity index (χ1v) is 5.11. The fraction of sp³-hybridized carbons (Fsp3) is 0.308. The number of hydrogen-bond donors (Lipinski definition) is 0. The molecule has 70 valence electrons. The average Bonchev–Trinajstić information content (AvgIpc) is 2.56. The zero-order chi connectivity index (χ0) is 8.67. The molecular weight excluding hydrogens is 204 g/mol. The molecule has 2 aromatic carbocycles. The largest absolute Gasteiger partial charge is 0.150 e. The first-order chi connectivity index (χ1) is 6.45. The summed E-state index contributed by atoms with van der Waals surface area (Å²) in [5.41, 5.74) is 3.23. The first-order valence-electron chi connectivity index (χ1n) is 5.11. The smallest absolute Gasteiger partial charge is 0 e. The molecule has 1 aliphatic rings. The van der Waals surface area contributed by atoms with Gasteiger partial charge >= 0.3 is 0 Å². The van der Waals surface area contributed by atoms with Crippen molar-refractivity contribution in [2.45, 2.75) is 25.7 Å². The SMILES string of the molecule is [Ti].c1ccc2c3c([cH-]c2c1)CCCC3. The van der Waals surface area contributed by atoms with E-state index >= 15 is 0 Å². The summed E-state index contributed by atoms with van der Waals surface area (Å²) in [6.07, 6.45) is 5.34. The zero-order valence-electron chi connectivity index (χ0n) is 8.22. The molecule has 0 spiro atoms. The maximum Gasteiger partial charge on any atom is 0 e. The van der Waals surface area contributed by atoms with Crippen molar-refractivity contribution in [1.82, 2.24) is 0 Å². The Balaban J connectivity index is 0.000000750. The van der Waals surface area contributed by atoms with E-state index in [0.29, 0.717) is 0 Å². The van der Waals surface area contributed by atoms with Crippen LogP contribution >= 0.6 is 0 Å². The number of aryl methyl sites for hydroxylation is 2. The van der Waals surface area contributed by atoms with Gasteiger partial charge in [-0.25, -0.2) is 0 Å². The van der Waals surface area contributed by atoms with Gasteiger partial charge in [-0.05, 0) is 6.42 Å². The van der Waals surface area contributed by atoms with Crippen molar-refractivity contribution in [3.05, 3.63) is 41.5 Å². The van der Waals surface area contributed by atoms with Crippen LogP contribution in [0.4, 0.5) is 0 Å². The Morgan fingerprint density at radius 1 is 1.00 bits per heavy atom. The van der Waals surface area contributed by atoms with Crippen LogP contribution in [0, 0.1) is 0 Å². The average molecular weight is 217 g/mol. The van der Waals surface area contributed by atoms with Crippen molar-refractivity contribution < 1.29 is 21.7 Å². The summed E-state index contributed by atoms with van der Waals surface area (Å²) in [5.74, 6) is 0. The van der Waals surface area contributed by atoms with Crippen LogP contribution in [0.15, 0.2) is 30.3 Å². The van der Waals surface area contributed by atoms with E-state index in [1.165, 1.54) is 36.5 Å². The predicted molar refractivity (Wildman–Crippen MR) is 56.2 cm³/mol. The van der Waals surface area contributed by atoms with Gasteiger partial charge in [-0.3, -0.25) is 0 Å². The summed E-state index contributed by atoms with van der Waals surface area (Å²) in [5, 5.41) is 2.94. The van der Waals surface area contributed by atoms with E-state index in [2.05, 4.69) is 30.3 Å². The summed E-state index contributed by atoms with van der Waals surface area (Å²) in [6.45, 7) is 0. The molecule has 0 bridgehead atoms. The van der Waals surface area contributed by atoms with Crippen LogP contribution in [-0.2, 0) is 34.6 Å². The molecule has 1 heteroatoms. The number of benzene rings is 1. The van der Waals surface area contributed by atoms with Gasteiger partial charge in [-0.1, -0.05) is 25.3 Å². The van der Waals surface area contributed by atoms with Crippen LogP contribution in [0.1, 0.15) is 24.0 Å². The summed E-state index contributed by atoms with van der Waals surface area (Å²) >= 11 is 0. The van der Waals surface area contributed by atoms with Gasteiger partial charge in [0.15, 0.2) is 0 Å². The van der Waals surface area contributed by atoms with E-state index in [9.17, 15) is 0 Å². The Hall–Kier alpha value is -0.456. The quantitative estimate of drug-likeness (QED) is 0.468. The molecule has 0 aromatic heterocycles. The van der Waals surface area contributed by atoms with E-state index in [4.69, 9.17) is 0 Å². The summed E-state index contributed by atoms with van der Waals surface area (Å²) in [4.78, 5) is 0. The van der Waals surface area contributed by atoms with Crippen molar-refractivity contribution in [2.24, 2.45) is 0 Å². The predicted octanol–water partition coefficient (Wildman–Crippen LogP) is 3.44. The van der Waals surface area contributed by atoms with Gasteiger partial charge in [0.1, 0.15) is 0 Å². The van der Waals surface area contributed by atoms with Crippen molar-refractivity contribution in [2.75, 3.05) is 0 Å². The van der Waals surface area contributed by atoms with Gasteiger partial charge in [0.2, 0.25) is 0 Å². The van der Waals surface area contributed by atoms with Gasteiger partial charge in [0.05, 0.1) is 0 Å². The molecule has 0 atom stereocenters. The van der Waals surface area contributed by atoms with E-state index in [1.54, 1.807) is 11.1 Å². The molecular formula is C13H13Ti-. The minimum absolute atomic E-state index is 0. The van der Waals surface area contributed by atoms with Gasteiger partial charge in [-0.15, -0.1) is 40.6 Å². The van der Waals surface area contributed by atoms with Crippen molar-refractivity contribution in [3.8, 4) is 0 Å². The molecule has 0 saturated carbocycles. The molecule has 0 unspecified atom stereocenters. The summed E-state index contributed by atoms with van der Waals surface area (Å²) < 4.78 is 0. The van der Waals surface area contributed by atoms with Crippen LogP contribution < -0.4 is 0 Å². The molecule has 2 aromatic rings. The van der Waals surface area contributed by atoms with E-state index in [-0.39, 0.29) is 21.7 Å². The minimum Gasteiger partial charge on any atom is -0.150 e. The molecule has 0 nitrogen and oxygen atoms in total. The Morgan fingerprint density at radius 2 is 1.79 bits per heavy atom. The number of rotatable bonds is 0. The fourth-order valence-electron chi connectivity index (χ4n) is 2.48. The first kappa shape index (κ1) is 10.1. The van der Waals surface area contributed by atoms with Crippen LogP contribution in [0.25, 0.3) is 10.8 Å².